The molecule has 0 aliphatic carbocycles. The number of para-hydroxylation sites is 1. The van der Waals surface area contributed by atoms with Gasteiger partial charge in [-0.25, -0.2) is 0 Å². The van der Waals surface area contributed by atoms with E-state index in [4.69, 9.17) is 10.00 Å². The maximum atomic E-state index is 12.0. The zero-order valence-electron chi connectivity index (χ0n) is 11.8. The Bertz CT molecular complexity index is 724. The van der Waals surface area contributed by atoms with Crippen molar-refractivity contribution in [3.8, 4) is 23.1 Å². The summed E-state index contributed by atoms with van der Waals surface area (Å²) in [6.45, 7) is 3.91. The molecule has 4 nitrogen and oxygen atoms in total. The van der Waals surface area contributed by atoms with Gasteiger partial charge in [0.25, 0.3) is 5.56 Å². The number of benzene rings is 1. The van der Waals surface area contributed by atoms with Gasteiger partial charge in [0.2, 0.25) is 0 Å². The molecule has 102 valence electrons. The molecule has 0 saturated heterocycles. The SMILES string of the molecule is CC(C)Oc1ccccc1-c1ccc(C#N)c(=O)n1C. The topological polar surface area (TPSA) is 55.0 Å². The normalized spacial score (nSPS) is 10.3. The van der Waals surface area contributed by atoms with Crippen LogP contribution in [0.5, 0.6) is 5.75 Å². The summed E-state index contributed by atoms with van der Waals surface area (Å²) in [4.78, 5) is 12.0. The molecule has 1 heterocycles. The summed E-state index contributed by atoms with van der Waals surface area (Å²) in [7, 11) is 1.66. The smallest absolute Gasteiger partial charge is 0.268 e. The summed E-state index contributed by atoms with van der Waals surface area (Å²) in [6.07, 6.45) is 0.0477. The molecule has 1 aromatic heterocycles. The number of rotatable bonds is 3. The van der Waals surface area contributed by atoms with Crippen LogP contribution < -0.4 is 10.3 Å². The number of aromatic nitrogens is 1. The summed E-state index contributed by atoms with van der Waals surface area (Å²) in [6, 6.07) is 12.8. The van der Waals surface area contributed by atoms with Gasteiger partial charge in [-0.2, -0.15) is 5.26 Å². The third kappa shape index (κ3) is 2.57. The Labute approximate surface area is 117 Å². The molecule has 0 bridgehead atoms. The van der Waals surface area contributed by atoms with Crippen LogP contribution in [0.1, 0.15) is 19.4 Å². The lowest BCUT2D eigenvalue weighted by Crippen LogP contribution is -2.21. The fraction of sp³-hybridized carbons (Fsp3) is 0.250. The fourth-order valence-electron chi connectivity index (χ4n) is 2.03. The highest BCUT2D eigenvalue weighted by atomic mass is 16.5. The second-order valence-electron chi connectivity index (χ2n) is 4.77. The van der Waals surface area contributed by atoms with E-state index in [0.717, 1.165) is 17.0 Å². The first-order valence-corrected chi connectivity index (χ1v) is 6.40. The molecular formula is C16H16N2O2. The predicted octanol–water partition coefficient (Wildman–Crippen LogP) is 2.71. The number of hydrogen-bond acceptors (Lipinski definition) is 3. The molecule has 2 aromatic rings. The molecule has 4 heteroatoms. The number of ether oxygens (including phenoxy) is 1. The van der Waals surface area contributed by atoms with Crippen molar-refractivity contribution in [2.75, 3.05) is 0 Å². The van der Waals surface area contributed by atoms with Crippen LogP contribution >= 0.6 is 0 Å². The van der Waals surface area contributed by atoms with Crippen LogP contribution in [0.4, 0.5) is 0 Å². The van der Waals surface area contributed by atoms with Crippen LogP contribution in [-0.4, -0.2) is 10.7 Å². The zero-order valence-corrected chi connectivity index (χ0v) is 11.8. The molecule has 0 saturated carbocycles. The van der Waals surface area contributed by atoms with Crippen molar-refractivity contribution in [3.05, 3.63) is 52.3 Å². The molecule has 0 N–H and O–H groups in total. The second kappa shape index (κ2) is 5.62. The molecule has 0 amide bonds. The summed E-state index contributed by atoms with van der Waals surface area (Å²) in [5.41, 5.74) is 1.40. The van der Waals surface area contributed by atoms with E-state index < -0.39 is 0 Å². The summed E-state index contributed by atoms with van der Waals surface area (Å²) in [5.74, 6) is 0.724. The molecule has 0 aliphatic heterocycles. The van der Waals surface area contributed by atoms with Gasteiger partial charge < -0.3 is 9.30 Å². The van der Waals surface area contributed by atoms with Crippen molar-refractivity contribution >= 4 is 0 Å². The summed E-state index contributed by atoms with van der Waals surface area (Å²) >= 11 is 0. The van der Waals surface area contributed by atoms with E-state index in [-0.39, 0.29) is 17.2 Å². The zero-order chi connectivity index (χ0) is 14.7. The molecule has 0 unspecified atom stereocenters. The molecule has 2 rings (SSSR count). The highest BCUT2D eigenvalue weighted by molar-refractivity contribution is 5.67. The molecule has 0 atom stereocenters. The van der Waals surface area contributed by atoms with E-state index in [1.165, 1.54) is 4.57 Å². The standard InChI is InChI=1S/C16H16N2O2/c1-11(2)20-15-7-5-4-6-13(15)14-9-8-12(10-17)16(19)18(14)3/h4-9,11H,1-3H3. The van der Waals surface area contributed by atoms with Gasteiger partial charge in [-0.1, -0.05) is 12.1 Å². The van der Waals surface area contributed by atoms with Crippen LogP contribution in [0, 0.1) is 11.3 Å². The summed E-state index contributed by atoms with van der Waals surface area (Å²) in [5, 5.41) is 8.89. The van der Waals surface area contributed by atoms with Crippen molar-refractivity contribution in [2.45, 2.75) is 20.0 Å². The van der Waals surface area contributed by atoms with E-state index in [0.29, 0.717) is 0 Å². The van der Waals surface area contributed by atoms with Crippen molar-refractivity contribution in [1.82, 2.24) is 4.57 Å². The van der Waals surface area contributed by atoms with Crippen molar-refractivity contribution in [3.63, 3.8) is 0 Å². The number of hydrogen-bond donors (Lipinski definition) is 0. The first kappa shape index (κ1) is 13.9. The Morgan fingerprint density at radius 3 is 2.55 bits per heavy atom. The number of nitrogens with zero attached hydrogens (tertiary/aromatic N) is 2. The maximum Gasteiger partial charge on any atom is 0.268 e. The average Bonchev–Trinajstić information content (AvgIpc) is 2.42. The maximum absolute atomic E-state index is 12.0. The van der Waals surface area contributed by atoms with Crippen LogP contribution in [0.15, 0.2) is 41.2 Å². The van der Waals surface area contributed by atoms with Crippen LogP contribution in [-0.2, 0) is 7.05 Å². The van der Waals surface area contributed by atoms with Crippen LogP contribution in [0.25, 0.3) is 11.3 Å². The largest absolute Gasteiger partial charge is 0.490 e. The van der Waals surface area contributed by atoms with Gasteiger partial charge in [0.05, 0.1) is 11.8 Å². The third-order valence-electron chi connectivity index (χ3n) is 2.95. The molecule has 20 heavy (non-hydrogen) atoms. The monoisotopic (exact) mass is 268 g/mol. The Kier molecular flexibility index (Phi) is 3.90. The van der Waals surface area contributed by atoms with Gasteiger partial charge in [-0.05, 0) is 38.1 Å². The van der Waals surface area contributed by atoms with E-state index in [9.17, 15) is 4.79 Å². The van der Waals surface area contributed by atoms with Gasteiger partial charge in [0.1, 0.15) is 17.4 Å². The first-order valence-electron chi connectivity index (χ1n) is 6.40. The predicted molar refractivity (Wildman–Crippen MR) is 77.6 cm³/mol. The minimum absolute atomic E-state index is 0.0477. The molecule has 1 aromatic carbocycles. The van der Waals surface area contributed by atoms with Gasteiger partial charge in [-0.15, -0.1) is 0 Å². The van der Waals surface area contributed by atoms with Gasteiger partial charge in [0.15, 0.2) is 0 Å². The van der Waals surface area contributed by atoms with Crippen molar-refractivity contribution in [1.29, 1.82) is 5.26 Å². The third-order valence-corrected chi connectivity index (χ3v) is 2.95. The first-order chi connectivity index (χ1) is 9.54. The van der Waals surface area contributed by atoms with Gasteiger partial charge in [-0.3, -0.25) is 4.79 Å². The molecule has 0 aliphatic rings. The van der Waals surface area contributed by atoms with E-state index in [2.05, 4.69) is 0 Å². The number of pyridine rings is 1. The molecule has 0 spiro atoms. The minimum atomic E-state index is -0.302. The fourth-order valence-corrected chi connectivity index (χ4v) is 2.03. The molecular weight excluding hydrogens is 252 g/mol. The quantitative estimate of drug-likeness (QED) is 0.860. The lowest BCUT2D eigenvalue weighted by molar-refractivity contribution is 0.243. The van der Waals surface area contributed by atoms with Crippen molar-refractivity contribution < 1.29 is 4.74 Å². The van der Waals surface area contributed by atoms with E-state index in [1.54, 1.807) is 19.2 Å². The van der Waals surface area contributed by atoms with E-state index in [1.807, 2.05) is 44.2 Å². The van der Waals surface area contributed by atoms with Crippen LogP contribution in [0.2, 0.25) is 0 Å². The van der Waals surface area contributed by atoms with Crippen LogP contribution in [0.3, 0.4) is 0 Å². The highest BCUT2D eigenvalue weighted by Crippen LogP contribution is 2.29. The van der Waals surface area contributed by atoms with E-state index >= 15 is 0 Å². The Morgan fingerprint density at radius 1 is 1.20 bits per heavy atom. The second-order valence-corrected chi connectivity index (χ2v) is 4.77. The Morgan fingerprint density at radius 2 is 1.90 bits per heavy atom. The van der Waals surface area contributed by atoms with Crippen molar-refractivity contribution in [2.24, 2.45) is 7.05 Å². The summed E-state index contributed by atoms with van der Waals surface area (Å²) < 4.78 is 7.24. The van der Waals surface area contributed by atoms with Gasteiger partial charge >= 0.3 is 0 Å². The lowest BCUT2D eigenvalue weighted by atomic mass is 10.1. The Hall–Kier alpha value is -2.54. The highest BCUT2D eigenvalue weighted by Gasteiger charge is 2.12. The van der Waals surface area contributed by atoms with Gasteiger partial charge in [0, 0.05) is 12.6 Å². The minimum Gasteiger partial charge on any atom is -0.490 e. The number of nitriles is 1. The molecule has 0 radical (unpaired) electrons. The molecule has 0 fully saturated rings. The lowest BCUT2D eigenvalue weighted by Gasteiger charge is -2.16. The Balaban J connectivity index is 2.61. The average molecular weight is 268 g/mol.